The summed E-state index contributed by atoms with van der Waals surface area (Å²) in [6.07, 6.45) is 7.27. The molecule has 0 saturated carbocycles. The summed E-state index contributed by atoms with van der Waals surface area (Å²) >= 11 is 0. The second-order valence-corrected chi connectivity index (χ2v) is 5.20. The molecule has 2 nitrogen and oxygen atoms in total. The molecule has 22 heavy (non-hydrogen) atoms. The second-order valence-electron chi connectivity index (χ2n) is 5.20. The summed E-state index contributed by atoms with van der Waals surface area (Å²) in [5, 5.41) is 9.65. The molecule has 0 radical (unpaired) electrons. The van der Waals surface area contributed by atoms with Crippen molar-refractivity contribution in [3.8, 4) is 6.07 Å². The third kappa shape index (κ3) is 4.43. The monoisotopic (exact) mass is 288 g/mol. The average Bonchev–Trinajstić information content (AvgIpc) is 2.59. The van der Waals surface area contributed by atoms with Crippen molar-refractivity contribution in [2.24, 2.45) is 4.99 Å². The van der Waals surface area contributed by atoms with Crippen LogP contribution in [0.4, 0.5) is 0 Å². The van der Waals surface area contributed by atoms with Crippen LogP contribution in [-0.2, 0) is 0 Å². The van der Waals surface area contributed by atoms with Crippen LogP contribution in [0.15, 0.2) is 71.7 Å². The maximum Gasteiger partial charge on any atom is 0.165 e. The van der Waals surface area contributed by atoms with E-state index in [4.69, 9.17) is 0 Å². The fourth-order valence-corrected chi connectivity index (χ4v) is 2.22. The van der Waals surface area contributed by atoms with E-state index in [-0.39, 0.29) is 0 Å². The smallest absolute Gasteiger partial charge is 0.165 e. The van der Waals surface area contributed by atoms with Gasteiger partial charge in [0.2, 0.25) is 0 Å². The summed E-state index contributed by atoms with van der Waals surface area (Å²) in [5.41, 5.74) is 1.28. The molecule has 0 spiro atoms. The highest BCUT2D eigenvalue weighted by molar-refractivity contribution is 5.80. The van der Waals surface area contributed by atoms with Crippen molar-refractivity contribution < 1.29 is 0 Å². The van der Waals surface area contributed by atoms with Crippen molar-refractivity contribution in [3.63, 3.8) is 0 Å². The van der Waals surface area contributed by atoms with Crippen LogP contribution in [0.2, 0.25) is 0 Å². The Morgan fingerprint density at radius 2 is 1.59 bits per heavy atom. The molecule has 1 atom stereocenters. The Labute approximate surface area is 132 Å². The Kier molecular flexibility index (Phi) is 5.68. The Morgan fingerprint density at radius 3 is 2.14 bits per heavy atom. The number of hydrogen-bond donors (Lipinski definition) is 0. The average molecular weight is 288 g/mol. The molecule has 0 aliphatic heterocycles. The minimum atomic E-state index is -0.805. The first kappa shape index (κ1) is 15.7. The van der Waals surface area contributed by atoms with Gasteiger partial charge in [-0.05, 0) is 23.6 Å². The number of aliphatic imine (C=N–C) groups is 1. The predicted molar refractivity (Wildman–Crippen MR) is 92.8 cm³/mol. The van der Waals surface area contributed by atoms with Gasteiger partial charge in [-0.15, -0.1) is 0 Å². The van der Waals surface area contributed by atoms with Crippen LogP contribution in [0.5, 0.6) is 0 Å². The largest absolute Gasteiger partial charge is 0.266 e. The van der Waals surface area contributed by atoms with E-state index in [0.717, 1.165) is 17.5 Å². The molecule has 0 amide bonds. The molecule has 2 aromatic rings. The molecular formula is C20H20N2. The Balaban J connectivity index is 2.26. The minimum absolute atomic E-state index is 0.705. The zero-order valence-corrected chi connectivity index (χ0v) is 12.8. The van der Waals surface area contributed by atoms with Gasteiger partial charge in [-0.3, -0.25) is 4.99 Å². The second kappa shape index (κ2) is 7.95. The first-order chi connectivity index (χ1) is 10.8. The summed E-state index contributed by atoms with van der Waals surface area (Å²) < 4.78 is 0. The molecule has 0 aliphatic rings. The van der Waals surface area contributed by atoms with Gasteiger partial charge in [-0.2, -0.15) is 5.26 Å². The molecule has 0 fully saturated rings. The molecule has 0 saturated heterocycles. The first-order valence-corrected chi connectivity index (χ1v) is 7.54. The number of nitrogens with zero attached hydrogens (tertiary/aromatic N) is 2. The Hall–Kier alpha value is -2.66. The summed E-state index contributed by atoms with van der Waals surface area (Å²) in [6.45, 7) is 2.07. The van der Waals surface area contributed by atoms with E-state index in [2.05, 4.69) is 18.0 Å². The molecular weight excluding hydrogens is 268 g/mol. The number of rotatable bonds is 6. The highest BCUT2D eigenvalue weighted by Crippen LogP contribution is 2.21. The predicted octanol–water partition coefficient (Wildman–Crippen LogP) is 4.88. The van der Waals surface area contributed by atoms with Crippen LogP contribution in [0.1, 0.15) is 30.9 Å². The fourth-order valence-electron chi connectivity index (χ4n) is 2.22. The van der Waals surface area contributed by atoms with Crippen molar-refractivity contribution in [2.45, 2.75) is 25.3 Å². The van der Waals surface area contributed by atoms with Crippen LogP contribution in [0, 0.1) is 11.3 Å². The van der Waals surface area contributed by atoms with E-state index in [1.165, 1.54) is 0 Å². The zero-order valence-electron chi connectivity index (χ0n) is 12.8. The summed E-state index contributed by atoms with van der Waals surface area (Å²) in [7, 11) is 0. The Bertz CT molecular complexity index is 614. The first-order valence-electron chi connectivity index (χ1n) is 7.54. The van der Waals surface area contributed by atoms with Gasteiger partial charge in [-0.1, -0.05) is 80.1 Å². The lowest BCUT2D eigenvalue weighted by molar-refractivity contribution is 0.600. The maximum atomic E-state index is 9.65. The SMILES string of the molecule is CCCC(C#N)(/C=C\c1ccccc1)N=Cc1ccccc1. The summed E-state index contributed by atoms with van der Waals surface area (Å²) in [6, 6.07) is 22.2. The van der Waals surface area contributed by atoms with Gasteiger partial charge in [0.15, 0.2) is 5.54 Å². The molecule has 0 bridgehead atoms. The normalized spacial score (nSPS) is 14.0. The van der Waals surface area contributed by atoms with E-state index in [0.29, 0.717) is 6.42 Å². The molecule has 2 aromatic carbocycles. The third-order valence-corrected chi connectivity index (χ3v) is 3.42. The van der Waals surface area contributed by atoms with Gasteiger partial charge >= 0.3 is 0 Å². The van der Waals surface area contributed by atoms with Gasteiger partial charge in [0, 0.05) is 6.21 Å². The standard InChI is InChI=1S/C20H20N2/c1-2-14-20(17-21,15-13-18-9-5-3-6-10-18)22-16-19-11-7-4-8-12-19/h3-13,15-16H,2,14H2,1H3/b15-13-,22-16?. The number of benzene rings is 2. The molecule has 2 rings (SSSR count). The lowest BCUT2D eigenvalue weighted by atomic mass is 9.94. The van der Waals surface area contributed by atoms with Crippen molar-refractivity contribution in [1.82, 2.24) is 0 Å². The maximum absolute atomic E-state index is 9.65. The van der Waals surface area contributed by atoms with Crippen LogP contribution in [0.3, 0.4) is 0 Å². The number of nitriles is 1. The molecule has 0 aromatic heterocycles. The van der Waals surface area contributed by atoms with Crippen LogP contribution < -0.4 is 0 Å². The van der Waals surface area contributed by atoms with Crippen molar-refractivity contribution >= 4 is 12.3 Å². The van der Waals surface area contributed by atoms with Gasteiger partial charge in [0.1, 0.15) is 0 Å². The topological polar surface area (TPSA) is 36.1 Å². The lowest BCUT2D eigenvalue weighted by Crippen LogP contribution is -2.21. The van der Waals surface area contributed by atoms with Gasteiger partial charge < -0.3 is 0 Å². The fraction of sp³-hybridized carbons (Fsp3) is 0.200. The van der Waals surface area contributed by atoms with Crippen LogP contribution in [0.25, 0.3) is 6.08 Å². The summed E-state index contributed by atoms with van der Waals surface area (Å²) in [4.78, 5) is 4.58. The molecule has 0 N–H and O–H groups in total. The minimum Gasteiger partial charge on any atom is -0.266 e. The Morgan fingerprint density at radius 1 is 1.00 bits per heavy atom. The zero-order chi connectivity index (χ0) is 15.7. The molecule has 0 aliphatic carbocycles. The van der Waals surface area contributed by atoms with E-state index in [1.807, 2.05) is 72.8 Å². The molecule has 1 unspecified atom stereocenters. The van der Waals surface area contributed by atoms with Crippen molar-refractivity contribution in [3.05, 3.63) is 77.9 Å². The lowest BCUT2D eigenvalue weighted by Gasteiger charge is -2.17. The van der Waals surface area contributed by atoms with Gasteiger partial charge in [0.05, 0.1) is 6.07 Å². The van der Waals surface area contributed by atoms with E-state index in [9.17, 15) is 5.26 Å². The van der Waals surface area contributed by atoms with Gasteiger partial charge in [0.25, 0.3) is 0 Å². The van der Waals surface area contributed by atoms with Crippen LogP contribution >= 0.6 is 0 Å². The van der Waals surface area contributed by atoms with Crippen LogP contribution in [-0.4, -0.2) is 11.8 Å². The van der Waals surface area contributed by atoms with E-state index in [1.54, 1.807) is 6.21 Å². The molecule has 110 valence electrons. The number of hydrogen-bond acceptors (Lipinski definition) is 2. The highest BCUT2D eigenvalue weighted by atomic mass is 14.8. The third-order valence-electron chi connectivity index (χ3n) is 3.42. The van der Waals surface area contributed by atoms with Crippen molar-refractivity contribution in [1.29, 1.82) is 5.26 Å². The van der Waals surface area contributed by atoms with E-state index >= 15 is 0 Å². The van der Waals surface area contributed by atoms with Gasteiger partial charge in [-0.25, -0.2) is 0 Å². The molecule has 2 heteroatoms. The quantitative estimate of drug-likeness (QED) is 0.698. The van der Waals surface area contributed by atoms with E-state index < -0.39 is 5.54 Å². The molecule has 0 heterocycles. The summed E-state index contributed by atoms with van der Waals surface area (Å²) in [5.74, 6) is 0. The highest BCUT2D eigenvalue weighted by Gasteiger charge is 2.23. The van der Waals surface area contributed by atoms with Crippen molar-refractivity contribution in [2.75, 3.05) is 0 Å².